The Kier molecular flexibility index (Phi) is 5.89. The van der Waals surface area contributed by atoms with E-state index in [-0.39, 0.29) is 11.5 Å². The lowest BCUT2D eigenvalue weighted by Crippen LogP contribution is -2.53. The summed E-state index contributed by atoms with van der Waals surface area (Å²) in [7, 11) is 3.71. The zero-order valence-corrected chi connectivity index (χ0v) is 19.4. The minimum atomic E-state index is 0.0755. The molecule has 3 fully saturated rings. The minimum absolute atomic E-state index is 0.0755. The van der Waals surface area contributed by atoms with Crippen LogP contribution in [0.2, 0.25) is 0 Å². The zero-order chi connectivity index (χ0) is 21.4. The molecular weight excluding hydrogens is 386 g/mol. The van der Waals surface area contributed by atoms with Gasteiger partial charge in [-0.3, -0.25) is 4.79 Å². The molecule has 2 saturated heterocycles. The van der Waals surface area contributed by atoms with Gasteiger partial charge in [-0.2, -0.15) is 0 Å². The molecule has 0 N–H and O–H groups in total. The molecule has 1 aliphatic carbocycles. The molecule has 3 heterocycles. The number of nitrogens with zero attached hydrogens (tertiary/aromatic N) is 3. The summed E-state index contributed by atoms with van der Waals surface area (Å²) in [5.41, 5.74) is 2.79. The first-order valence-corrected chi connectivity index (χ1v) is 12.5. The number of fused-ring (bicyclic) bond motifs is 1. The third-order valence-corrected chi connectivity index (χ3v) is 8.46. The molecule has 5 heteroatoms. The van der Waals surface area contributed by atoms with Crippen molar-refractivity contribution in [2.75, 3.05) is 45.2 Å². The lowest BCUT2D eigenvalue weighted by molar-refractivity contribution is -0.129. The molecule has 1 amide bonds. The van der Waals surface area contributed by atoms with Gasteiger partial charge in [0.15, 0.2) is 0 Å². The average molecular weight is 426 g/mol. The van der Waals surface area contributed by atoms with E-state index in [2.05, 4.69) is 28.0 Å². The Labute approximate surface area is 187 Å². The molecule has 1 aromatic rings. The highest BCUT2D eigenvalue weighted by atomic mass is 16.5. The fourth-order valence-corrected chi connectivity index (χ4v) is 5.93. The van der Waals surface area contributed by atoms with Crippen LogP contribution in [0.15, 0.2) is 18.2 Å². The van der Waals surface area contributed by atoms with E-state index in [0.29, 0.717) is 12.3 Å². The van der Waals surface area contributed by atoms with Crippen LogP contribution in [0.25, 0.3) is 0 Å². The number of anilines is 1. The number of rotatable bonds is 4. The Hall–Kier alpha value is -1.75. The SMILES string of the molecule is CN(C)C(=O)CC1CCN(c2ccc3c(c2)CCC2(CCN(C4CCC4)CC2)O3)CC1. The molecule has 1 saturated carbocycles. The van der Waals surface area contributed by atoms with Gasteiger partial charge in [0.2, 0.25) is 5.91 Å². The second-order valence-corrected chi connectivity index (χ2v) is 10.6. The number of aryl methyl sites for hydroxylation is 1. The van der Waals surface area contributed by atoms with Gasteiger partial charge in [-0.15, -0.1) is 0 Å². The van der Waals surface area contributed by atoms with Crippen LogP contribution >= 0.6 is 0 Å². The quantitative estimate of drug-likeness (QED) is 0.728. The normalized spacial score (nSPS) is 24.4. The Morgan fingerprint density at radius 1 is 1.06 bits per heavy atom. The van der Waals surface area contributed by atoms with E-state index in [4.69, 9.17) is 4.74 Å². The number of ether oxygens (including phenoxy) is 1. The molecule has 4 aliphatic rings. The van der Waals surface area contributed by atoms with Gasteiger partial charge in [0, 0.05) is 58.4 Å². The van der Waals surface area contributed by atoms with Gasteiger partial charge < -0.3 is 19.4 Å². The first kappa shape index (κ1) is 21.1. The average Bonchev–Trinajstić information content (AvgIpc) is 2.74. The summed E-state index contributed by atoms with van der Waals surface area (Å²) in [4.78, 5) is 19.0. The first-order valence-electron chi connectivity index (χ1n) is 12.5. The summed E-state index contributed by atoms with van der Waals surface area (Å²) < 4.78 is 6.68. The molecule has 0 aromatic heterocycles. The molecule has 1 spiro atoms. The monoisotopic (exact) mass is 425 g/mol. The topological polar surface area (TPSA) is 36.0 Å². The maximum atomic E-state index is 12.0. The summed E-state index contributed by atoms with van der Waals surface area (Å²) in [5.74, 6) is 1.91. The molecule has 0 bridgehead atoms. The number of hydrogen-bond acceptors (Lipinski definition) is 4. The van der Waals surface area contributed by atoms with E-state index in [1.54, 1.807) is 4.90 Å². The van der Waals surface area contributed by atoms with Gasteiger partial charge in [0.05, 0.1) is 0 Å². The Bertz CT molecular complexity index is 788. The van der Waals surface area contributed by atoms with Crippen molar-refractivity contribution in [3.63, 3.8) is 0 Å². The van der Waals surface area contributed by atoms with E-state index in [0.717, 1.165) is 50.6 Å². The summed E-state index contributed by atoms with van der Waals surface area (Å²) in [6, 6.07) is 7.72. The zero-order valence-electron chi connectivity index (χ0n) is 19.4. The summed E-state index contributed by atoms with van der Waals surface area (Å²) in [5, 5.41) is 0. The van der Waals surface area contributed by atoms with Gasteiger partial charge in [-0.25, -0.2) is 0 Å². The molecular formula is C26H39N3O2. The van der Waals surface area contributed by atoms with Crippen LogP contribution in [-0.4, -0.2) is 67.6 Å². The predicted molar refractivity (Wildman–Crippen MR) is 125 cm³/mol. The summed E-state index contributed by atoms with van der Waals surface area (Å²) in [6.07, 6.45) is 11.8. The maximum Gasteiger partial charge on any atom is 0.222 e. The fourth-order valence-electron chi connectivity index (χ4n) is 5.93. The largest absolute Gasteiger partial charge is 0.487 e. The number of likely N-dealkylation sites (tertiary alicyclic amines) is 1. The van der Waals surface area contributed by atoms with Crippen molar-refractivity contribution in [2.45, 2.75) is 75.9 Å². The molecule has 1 aromatic carbocycles. The fraction of sp³-hybridized carbons (Fsp3) is 0.731. The second kappa shape index (κ2) is 8.65. The number of hydrogen-bond donors (Lipinski definition) is 0. The van der Waals surface area contributed by atoms with Crippen LogP contribution in [-0.2, 0) is 11.2 Å². The van der Waals surface area contributed by atoms with E-state index >= 15 is 0 Å². The third kappa shape index (κ3) is 4.44. The van der Waals surface area contributed by atoms with E-state index in [1.165, 1.54) is 56.4 Å². The van der Waals surface area contributed by atoms with Crippen molar-refractivity contribution < 1.29 is 9.53 Å². The van der Waals surface area contributed by atoms with Crippen LogP contribution in [0.4, 0.5) is 5.69 Å². The van der Waals surface area contributed by atoms with Crippen molar-refractivity contribution in [1.82, 2.24) is 9.80 Å². The molecule has 0 atom stereocenters. The summed E-state index contributed by atoms with van der Waals surface area (Å²) >= 11 is 0. The molecule has 31 heavy (non-hydrogen) atoms. The third-order valence-electron chi connectivity index (χ3n) is 8.46. The van der Waals surface area contributed by atoms with Crippen molar-refractivity contribution in [3.8, 4) is 5.75 Å². The number of benzene rings is 1. The number of amides is 1. The highest BCUT2D eigenvalue weighted by Crippen LogP contribution is 2.42. The molecule has 170 valence electrons. The van der Waals surface area contributed by atoms with Crippen molar-refractivity contribution >= 4 is 11.6 Å². The maximum absolute atomic E-state index is 12.0. The Morgan fingerprint density at radius 3 is 2.45 bits per heavy atom. The number of carbonyl (C=O) groups is 1. The van der Waals surface area contributed by atoms with Crippen LogP contribution in [0.1, 0.15) is 63.4 Å². The van der Waals surface area contributed by atoms with Gasteiger partial charge in [0.25, 0.3) is 0 Å². The van der Waals surface area contributed by atoms with E-state index in [9.17, 15) is 4.79 Å². The Balaban J connectivity index is 1.17. The van der Waals surface area contributed by atoms with Crippen LogP contribution < -0.4 is 9.64 Å². The summed E-state index contributed by atoms with van der Waals surface area (Å²) in [6.45, 7) is 4.52. The van der Waals surface area contributed by atoms with Gasteiger partial charge in [0.1, 0.15) is 11.4 Å². The highest BCUT2D eigenvalue weighted by molar-refractivity contribution is 5.75. The standard InChI is InChI=1S/C26H39N3O2/c1-27(2)25(30)18-20-9-14-28(15-10-20)23-6-7-24-21(19-23)8-11-26(31-24)12-16-29(17-13-26)22-4-3-5-22/h6-7,19-20,22H,3-5,8-18H2,1-2H3. The number of piperidine rings is 2. The van der Waals surface area contributed by atoms with Crippen LogP contribution in [0.5, 0.6) is 5.75 Å². The molecule has 5 nitrogen and oxygen atoms in total. The van der Waals surface area contributed by atoms with Crippen LogP contribution in [0, 0.1) is 5.92 Å². The molecule has 0 radical (unpaired) electrons. The van der Waals surface area contributed by atoms with Crippen LogP contribution in [0.3, 0.4) is 0 Å². The minimum Gasteiger partial charge on any atom is -0.487 e. The molecule has 0 unspecified atom stereocenters. The van der Waals surface area contributed by atoms with Crippen molar-refractivity contribution in [2.24, 2.45) is 5.92 Å². The van der Waals surface area contributed by atoms with E-state index < -0.39 is 0 Å². The van der Waals surface area contributed by atoms with Gasteiger partial charge >= 0.3 is 0 Å². The van der Waals surface area contributed by atoms with Gasteiger partial charge in [-0.1, -0.05) is 6.42 Å². The Morgan fingerprint density at radius 2 is 1.81 bits per heavy atom. The predicted octanol–water partition coefficient (Wildman–Crippen LogP) is 4.09. The highest BCUT2D eigenvalue weighted by Gasteiger charge is 2.41. The van der Waals surface area contributed by atoms with Gasteiger partial charge in [-0.05, 0) is 81.0 Å². The lowest BCUT2D eigenvalue weighted by Gasteiger charge is -2.48. The lowest BCUT2D eigenvalue weighted by atomic mass is 9.81. The molecule has 3 aliphatic heterocycles. The van der Waals surface area contributed by atoms with Crippen molar-refractivity contribution in [1.29, 1.82) is 0 Å². The van der Waals surface area contributed by atoms with E-state index in [1.807, 2.05) is 14.1 Å². The molecule has 5 rings (SSSR count). The number of carbonyl (C=O) groups excluding carboxylic acids is 1. The first-order chi connectivity index (χ1) is 15.0. The smallest absolute Gasteiger partial charge is 0.222 e. The second-order valence-electron chi connectivity index (χ2n) is 10.6. The van der Waals surface area contributed by atoms with Crippen molar-refractivity contribution in [3.05, 3.63) is 23.8 Å².